The molecule has 25 heavy (non-hydrogen) atoms. The van der Waals surface area contributed by atoms with Crippen LogP contribution in [0.1, 0.15) is 23.7 Å². The largest absolute Gasteiger partial charge is 0.447 e. The van der Waals surface area contributed by atoms with E-state index in [0.717, 1.165) is 28.2 Å². The molecule has 0 aliphatic carbocycles. The number of carbonyl (C=O) groups excluding carboxylic acids is 1. The van der Waals surface area contributed by atoms with E-state index in [1.807, 2.05) is 25.1 Å². The van der Waals surface area contributed by atoms with Gasteiger partial charge in [-0.05, 0) is 36.8 Å². The summed E-state index contributed by atoms with van der Waals surface area (Å²) in [4.78, 5) is 21.9. The van der Waals surface area contributed by atoms with E-state index in [1.165, 1.54) is 10.9 Å². The molecule has 2 aromatic carbocycles. The van der Waals surface area contributed by atoms with Gasteiger partial charge in [0.2, 0.25) is 0 Å². The van der Waals surface area contributed by atoms with Crippen LogP contribution in [-0.2, 0) is 11.3 Å². The molecule has 1 saturated heterocycles. The van der Waals surface area contributed by atoms with Gasteiger partial charge in [0.25, 0.3) is 0 Å². The summed E-state index contributed by atoms with van der Waals surface area (Å²) in [6, 6.07) is 16.5. The maximum Gasteiger partial charge on any atom is 0.414 e. The van der Waals surface area contributed by atoms with Crippen molar-refractivity contribution in [2.24, 2.45) is 4.99 Å². The standard InChI is InChI=1S/C20H17N3O2/c1-12-11-25-20(24)23(12)15-7-6-14-10-21-19(16(14)9-15)18-8-13-4-2-3-5-17(13)22-18/h2-9,12,22H,10-11H2,1H3/t12-/m0/s1. The van der Waals surface area contributed by atoms with Crippen molar-refractivity contribution in [3.63, 3.8) is 0 Å². The SMILES string of the molecule is C[C@H]1COC(=O)N1c1ccc2c(c1)C(c1cc3ccccc3[nH]1)=NC2. The summed E-state index contributed by atoms with van der Waals surface area (Å²) in [6.07, 6.45) is -0.283. The van der Waals surface area contributed by atoms with E-state index in [2.05, 4.69) is 35.3 Å². The Balaban J connectivity index is 1.58. The monoisotopic (exact) mass is 331 g/mol. The topological polar surface area (TPSA) is 57.7 Å². The number of amides is 1. The van der Waals surface area contributed by atoms with E-state index in [1.54, 1.807) is 4.90 Å². The molecule has 0 saturated carbocycles. The molecule has 0 bridgehead atoms. The Morgan fingerprint density at radius 1 is 1.20 bits per heavy atom. The molecule has 5 rings (SSSR count). The lowest BCUT2D eigenvalue weighted by molar-refractivity contribution is 0.179. The number of hydrogen-bond donors (Lipinski definition) is 1. The molecule has 5 heteroatoms. The summed E-state index contributed by atoms with van der Waals surface area (Å²) in [5, 5.41) is 1.17. The average molecular weight is 331 g/mol. The van der Waals surface area contributed by atoms with Crippen LogP contribution in [0.2, 0.25) is 0 Å². The number of anilines is 1. The van der Waals surface area contributed by atoms with Crippen LogP contribution in [-0.4, -0.2) is 29.4 Å². The van der Waals surface area contributed by atoms with Crippen molar-refractivity contribution < 1.29 is 9.53 Å². The number of hydrogen-bond acceptors (Lipinski definition) is 3. The number of H-pyrrole nitrogens is 1. The molecule has 0 unspecified atom stereocenters. The summed E-state index contributed by atoms with van der Waals surface area (Å²) in [5.41, 5.74) is 6.18. The predicted molar refractivity (Wildman–Crippen MR) is 97.4 cm³/mol. The molecule has 0 radical (unpaired) electrons. The van der Waals surface area contributed by atoms with Crippen molar-refractivity contribution in [3.8, 4) is 0 Å². The summed E-state index contributed by atoms with van der Waals surface area (Å²) < 4.78 is 5.15. The quantitative estimate of drug-likeness (QED) is 0.775. The highest BCUT2D eigenvalue weighted by Crippen LogP contribution is 2.31. The number of aromatic amines is 1. The zero-order valence-corrected chi connectivity index (χ0v) is 13.8. The van der Waals surface area contributed by atoms with Crippen LogP contribution < -0.4 is 4.90 Å². The van der Waals surface area contributed by atoms with Crippen LogP contribution in [0.5, 0.6) is 0 Å². The van der Waals surface area contributed by atoms with Gasteiger partial charge >= 0.3 is 6.09 Å². The van der Waals surface area contributed by atoms with E-state index in [4.69, 9.17) is 9.73 Å². The van der Waals surface area contributed by atoms with Crippen LogP contribution in [0.3, 0.4) is 0 Å². The Labute approximate surface area is 144 Å². The number of para-hydroxylation sites is 1. The number of nitrogens with zero attached hydrogens (tertiary/aromatic N) is 2. The van der Waals surface area contributed by atoms with Gasteiger partial charge in [-0.15, -0.1) is 0 Å². The molecule has 1 atom stereocenters. The number of cyclic esters (lactones) is 1. The van der Waals surface area contributed by atoms with Gasteiger partial charge in [0.15, 0.2) is 0 Å². The minimum atomic E-state index is -0.283. The van der Waals surface area contributed by atoms with Crippen molar-refractivity contribution in [2.45, 2.75) is 19.5 Å². The Morgan fingerprint density at radius 3 is 2.88 bits per heavy atom. The van der Waals surface area contributed by atoms with Crippen LogP contribution in [0.4, 0.5) is 10.5 Å². The number of fused-ring (bicyclic) bond motifs is 2. The third-order valence-corrected chi connectivity index (χ3v) is 4.90. The van der Waals surface area contributed by atoms with Crippen LogP contribution in [0, 0.1) is 0 Å². The van der Waals surface area contributed by atoms with Gasteiger partial charge in [0.05, 0.1) is 24.0 Å². The molecule has 3 heterocycles. The first-order valence-electron chi connectivity index (χ1n) is 8.42. The molecule has 3 aromatic rings. The fourth-order valence-electron chi connectivity index (χ4n) is 3.63. The molecule has 0 spiro atoms. The van der Waals surface area contributed by atoms with Gasteiger partial charge in [-0.2, -0.15) is 0 Å². The highest BCUT2D eigenvalue weighted by molar-refractivity contribution is 6.16. The summed E-state index contributed by atoms with van der Waals surface area (Å²) in [5.74, 6) is 0. The first-order chi connectivity index (χ1) is 12.2. The van der Waals surface area contributed by atoms with E-state index >= 15 is 0 Å². The van der Waals surface area contributed by atoms with Gasteiger partial charge in [0, 0.05) is 22.2 Å². The first-order valence-corrected chi connectivity index (χ1v) is 8.42. The highest BCUT2D eigenvalue weighted by Gasteiger charge is 2.32. The second-order valence-electron chi connectivity index (χ2n) is 6.57. The zero-order chi connectivity index (χ0) is 17.0. The third-order valence-electron chi connectivity index (χ3n) is 4.90. The highest BCUT2D eigenvalue weighted by atomic mass is 16.6. The van der Waals surface area contributed by atoms with Crippen molar-refractivity contribution in [1.29, 1.82) is 0 Å². The van der Waals surface area contributed by atoms with Gasteiger partial charge < -0.3 is 9.72 Å². The lowest BCUT2D eigenvalue weighted by Gasteiger charge is -2.19. The Morgan fingerprint density at radius 2 is 2.08 bits per heavy atom. The molecule has 5 nitrogen and oxygen atoms in total. The number of aromatic nitrogens is 1. The number of carbonyl (C=O) groups is 1. The molecule has 124 valence electrons. The van der Waals surface area contributed by atoms with Crippen molar-refractivity contribution in [1.82, 2.24) is 4.98 Å². The molecule has 1 fully saturated rings. The predicted octanol–water partition coefficient (Wildman–Crippen LogP) is 3.86. The number of rotatable bonds is 2. The Kier molecular flexibility index (Phi) is 2.98. The zero-order valence-electron chi connectivity index (χ0n) is 13.8. The normalized spacial score (nSPS) is 19.2. The Bertz CT molecular complexity index is 1000. The van der Waals surface area contributed by atoms with Crippen molar-refractivity contribution in [3.05, 3.63) is 65.4 Å². The molecule has 1 amide bonds. The fourth-order valence-corrected chi connectivity index (χ4v) is 3.63. The second kappa shape index (κ2) is 5.21. The van der Waals surface area contributed by atoms with E-state index in [-0.39, 0.29) is 12.1 Å². The molecule has 1 N–H and O–H groups in total. The number of nitrogens with one attached hydrogen (secondary N) is 1. The van der Waals surface area contributed by atoms with Gasteiger partial charge in [-0.1, -0.05) is 24.3 Å². The van der Waals surface area contributed by atoms with E-state index in [9.17, 15) is 4.79 Å². The maximum atomic E-state index is 12.0. The van der Waals surface area contributed by atoms with E-state index in [0.29, 0.717) is 13.2 Å². The minimum absolute atomic E-state index is 0.0421. The molecular formula is C20H17N3O2. The number of ether oxygens (including phenoxy) is 1. The van der Waals surface area contributed by atoms with Gasteiger partial charge in [-0.25, -0.2) is 4.79 Å². The molecular weight excluding hydrogens is 314 g/mol. The smallest absolute Gasteiger partial charge is 0.414 e. The average Bonchev–Trinajstić information content (AvgIpc) is 3.30. The van der Waals surface area contributed by atoms with Crippen LogP contribution in [0.25, 0.3) is 10.9 Å². The van der Waals surface area contributed by atoms with E-state index < -0.39 is 0 Å². The third kappa shape index (κ3) is 2.16. The number of aliphatic imine (C=N–C) groups is 1. The maximum absolute atomic E-state index is 12.0. The second-order valence-corrected chi connectivity index (χ2v) is 6.57. The van der Waals surface area contributed by atoms with Gasteiger partial charge in [0.1, 0.15) is 6.61 Å². The van der Waals surface area contributed by atoms with Crippen LogP contribution in [0.15, 0.2) is 53.5 Å². The van der Waals surface area contributed by atoms with Crippen molar-refractivity contribution in [2.75, 3.05) is 11.5 Å². The summed E-state index contributed by atoms with van der Waals surface area (Å²) in [6.45, 7) is 3.09. The molecule has 2 aliphatic rings. The molecule has 2 aliphatic heterocycles. The molecule has 1 aromatic heterocycles. The van der Waals surface area contributed by atoms with Crippen molar-refractivity contribution >= 4 is 28.4 Å². The van der Waals surface area contributed by atoms with Gasteiger partial charge in [-0.3, -0.25) is 9.89 Å². The number of benzene rings is 2. The fraction of sp³-hybridized carbons (Fsp3) is 0.200. The summed E-state index contributed by atoms with van der Waals surface area (Å²) in [7, 11) is 0. The summed E-state index contributed by atoms with van der Waals surface area (Å²) >= 11 is 0. The first kappa shape index (κ1) is 14.3. The van der Waals surface area contributed by atoms with Crippen LogP contribution >= 0.6 is 0 Å². The lowest BCUT2D eigenvalue weighted by Crippen LogP contribution is -2.31. The lowest BCUT2D eigenvalue weighted by atomic mass is 10.0. The minimum Gasteiger partial charge on any atom is -0.447 e. The Hall–Kier alpha value is -3.08.